The van der Waals surface area contributed by atoms with E-state index in [9.17, 15) is 9.18 Å². The lowest BCUT2D eigenvalue weighted by atomic mass is 9.92. The van der Waals surface area contributed by atoms with E-state index < -0.39 is 5.54 Å². The highest BCUT2D eigenvalue weighted by molar-refractivity contribution is 6.12. The summed E-state index contributed by atoms with van der Waals surface area (Å²) in [6.45, 7) is 3.66. The molecule has 1 N–H and O–H groups in total. The average molecular weight is 404 g/mol. The SMILES string of the molecule is COc1cc(/C=C/C2=NC(=O)C(C)(c3ccc(F)cc3)N2)ccc1-n1cnc(C)c1. The van der Waals surface area contributed by atoms with Crippen molar-refractivity contribution in [2.75, 3.05) is 7.11 Å². The second-order valence-corrected chi connectivity index (χ2v) is 7.25. The van der Waals surface area contributed by atoms with Crippen molar-refractivity contribution in [3.63, 3.8) is 0 Å². The molecule has 0 spiro atoms. The first kappa shape index (κ1) is 19.6. The number of amides is 1. The Morgan fingerprint density at radius 1 is 1.17 bits per heavy atom. The van der Waals surface area contributed by atoms with Crippen molar-refractivity contribution >= 4 is 17.8 Å². The standard InChI is InChI=1S/C23H21FN4O2/c1-15-13-28(14-25-15)19-10-4-16(12-20(19)30-3)5-11-21-26-22(29)23(2,27-21)17-6-8-18(24)9-7-17/h4-14H,1-3H3,(H,26,27,29)/b11-5+. The fraction of sp³-hybridized carbons (Fsp3) is 0.174. The monoisotopic (exact) mass is 404 g/mol. The van der Waals surface area contributed by atoms with Crippen LogP contribution in [0.3, 0.4) is 0 Å². The molecule has 0 saturated carbocycles. The molecule has 0 radical (unpaired) electrons. The number of aliphatic imine (C=N–C) groups is 1. The molecule has 0 saturated heterocycles. The molecule has 2 heterocycles. The van der Waals surface area contributed by atoms with Gasteiger partial charge in [-0.3, -0.25) is 4.79 Å². The first-order valence-corrected chi connectivity index (χ1v) is 9.43. The number of carbonyl (C=O) groups excluding carboxylic acids is 1. The third-order valence-corrected chi connectivity index (χ3v) is 5.08. The molecule has 0 bridgehead atoms. The largest absolute Gasteiger partial charge is 0.495 e. The van der Waals surface area contributed by atoms with Crippen LogP contribution >= 0.6 is 0 Å². The number of nitrogens with zero attached hydrogens (tertiary/aromatic N) is 3. The Balaban J connectivity index is 1.55. The zero-order chi connectivity index (χ0) is 21.3. The van der Waals surface area contributed by atoms with E-state index in [4.69, 9.17) is 4.74 Å². The number of methoxy groups -OCH3 is 1. The Hall–Kier alpha value is -3.74. The highest BCUT2D eigenvalue weighted by Gasteiger charge is 2.40. The molecule has 3 aromatic rings. The average Bonchev–Trinajstić information content (AvgIpc) is 3.30. The maximum Gasteiger partial charge on any atom is 0.277 e. The predicted octanol–water partition coefficient (Wildman–Crippen LogP) is 3.79. The molecule has 0 aliphatic carbocycles. The molecule has 7 heteroatoms. The van der Waals surface area contributed by atoms with Gasteiger partial charge in [-0.1, -0.05) is 24.3 Å². The van der Waals surface area contributed by atoms with E-state index in [1.165, 1.54) is 12.1 Å². The number of hydrogen-bond donors (Lipinski definition) is 1. The third-order valence-electron chi connectivity index (χ3n) is 5.08. The summed E-state index contributed by atoms with van der Waals surface area (Å²) in [4.78, 5) is 20.9. The summed E-state index contributed by atoms with van der Waals surface area (Å²) >= 11 is 0. The van der Waals surface area contributed by atoms with E-state index >= 15 is 0 Å². The lowest BCUT2D eigenvalue weighted by Crippen LogP contribution is -2.42. The number of hydrogen-bond acceptors (Lipinski definition) is 4. The van der Waals surface area contributed by atoms with Crippen molar-refractivity contribution < 1.29 is 13.9 Å². The minimum absolute atomic E-state index is 0.322. The molecule has 152 valence electrons. The number of aryl methyl sites for hydroxylation is 1. The Labute approximate surface area is 173 Å². The van der Waals surface area contributed by atoms with E-state index in [2.05, 4.69) is 15.3 Å². The van der Waals surface area contributed by atoms with Gasteiger partial charge in [0.25, 0.3) is 5.91 Å². The number of imidazole rings is 1. The number of aromatic nitrogens is 2. The normalized spacial score (nSPS) is 18.5. The number of carbonyl (C=O) groups is 1. The van der Waals surface area contributed by atoms with Gasteiger partial charge in [0.15, 0.2) is 0 Å². The van der Waals surface area contributed by atoms with Gasteiger partial charge < -0.3 is 14.6 Å². The number of benzene rings is 2. The fourth-order valence-corrected chi connectivity index (χ4v) is 3.36. The number of rotatable bonds is 5. The van der Waals surface area contributed by atoms with Crippen LogP contribution in [0.5, 0.6) is 5.75 Å². The maximum atomic E-state index is 13.2. The van der Waals surface area contributed by atoms with Crippen LogP contribution in [0.15, 0.2) is 66.1 Å². The Bertz CT molecular complexity index is 1160. The Morgan fingerprint density at radius 3 is 2.60 bits per heavy atom. The molecule has 30 heavy (non-hydrogen) atoms. The lowest BCUT2D eigenvalue weighted by molar-refractivity contribution is -0.122. The molecular formula is C23H21FN4O2. The van der Waals surface area contributed by atoms with E-state index in [0.29, 0.717) is 17.1 Å². The van der Waals surface area contributed by atoms with Crippen LogP contribution in [-0.2, 0) is 10.3 Å². The molecule has 6 nitrogen and oxygen atoms in total. The number of halogens is 1. The minimum atomic E-state index is -1.02. The third kappa shape index (κ3) is 3.61. The molecule has 2 aromatic carbocycles. The molecule has 1 unspecified atom stereocenters. The smallest absolute Gasteiger partial charge is 0.277 e. The van der Waals surface area contributed by atoms with Crippen LogP contribution in [0.1, 0.15) is 23.7 Å². The number of nitrogens with one attached hydrogen (secondary N) is 1. The van der Waals surface area contributed by atoms with Crippen LogP contribution < -0.4 is 10.1 Å². The van der Waals surface area contributed by atoms with Crippen LogP contribution in [0.25, 0.3) is 11.8 Å². The van der Waals surface area contributed by atoms with Crippen LogP contribution in [0, 0.1) is 12.7 Å². The number of ether oxygens (including phenoxy) is 1. The van der Waals surface area contributed by atoms with Crippen LogP contribution in [0.4, 0.5) is 4.39 Å². The molecule has 1 atom stereocenters. The van der Waals surface area contributed by atoms with Crippen molar-refractivity contribution in [1.82, 2.24) is 14.9 Å². The van der Waals surface area contributed by atoms with Crippen molar-refractivity contribution in [2.24, 2.45) is 4.99 Å². The molecular weight excluding hydrogens is 383 g/mol. The summed E-state index contributed by atoms with van der Waals surface area (Å²) in [6.07, 6.45) is 7.25. The highest BCUT2D eigenvalue weighted by atomic mass is 19.1. The van der Waals surface area contributed by atoms with E-state index in [0.717, 1.165) is 16.9 Å². The quantitative estimate of drug-likeness (QED) is 0.703. The molecule has 0 fully saturated rings. The van der Waals surface area contributed by atoms with Crippen LogP contribution in [-0.4, -0.2) is 28.4 Å². The van der Waals surface area contributed by atoms with E-state index in [1.807, 2.05) is 42.0 Å². The molecule has 1 aliphatic rings. The van der Waals surface area contributed by atoms with Gasteiger partial charge in [-0.2, -0.15) is 4.99 Å². The van der Waals surface area contributed by atoms with Gasteiger partial charge in [0.1, 0.15) is 22.9 Å². The second kappa shape index (κ2) is 7.59. The second-order valence-electron chi connectivity index (χ2n) is 7.25. The van der Waals surface area contributed by atoms with Crippen molar-refractivity contribution in [2.45, 2.75) is 19.4 Å². The Kier molecular flexibility index (Phi) is 4.95. The lowest BCUT2D eigenvalue weighted by Gasteiger charge is -2.22. The van der Waals surface area contributed by atoms with E-state index in [1.54, 1.807) is 38.6 Å². The Morgan fingerprint density at radius 2 is 1.93 bits per heavy atom. The zero-order valence-corrected chi connectivity index (χ0v) is 16.9. The summed E-state index contributed by atoms with van der Waals surface area (Å²) in [5.41, 5.74) is 2.32. The van der Waals surface area contributed by atoms with Crippen LogP contribution in [0.2, 0.25) is 0 Å². The molecule has 1 aliphatic heterocycles. The molecule has 1 aromatic heterocycles. The number of amidine groups is 1. The first-order valence-electron chi connectivity index (χ1n) is 9.43. The van der Waals surface area contributed by atoms with Crippen molar-refractivity contribution in [3.8, 4) is 11.4 Å². The summed E-state index contributed by atoms with van der Waals surface area (Å²) in [6, 6.07) is 11.6. The van der Waals surface area contributed by atoms with Crippen molar-refractivity contribution in [3.05, 3.63) is 83.7 Å². The summed E-state index contributed by atoms with van der Waals surface area (Å²) < 4.78 is 20.6. The summed E-state index contributed by atoms with van der Waals surface area (Å²) in [5.74, 6) is 0.470. The van der Waals surface area contributed by atoms with Gasteiger partial charge in [-0.15, -0.1) is 0 Å². The zero-order valence-electron chi connectivity index (χ0n) is 16.9. The summed E-state index contributed by atoms with van der Waals surface area (Å²) in [5, 5.41) is 3.14. The van der Waals surface area contributed by atoms with Gasteiger partial charge in [0, 0.05) is 6.20 Å². The maximum absolute atomic E-state index is 13.2. The van der Waals surface area contributed by atoms with Gasteiger partial charge in [0.2, 0.25) is 0 Å². The topological polar surface area (TPSA) is 68.5 Å². The predicted molar refractivity (Wildman–Crippen MR) is 113 cm³/mol. The summed E-state index contributed by atoms with van der Waals surface area (Å²) in [7, 11) is 1.62. The highest BCUT2D eigenvalue weighted by Crippen LogP contribution is 2.28. The fourth-order valence-electron chi connectivity index (χ4n) is 3.36. The van der Waals surface area contributed by atoms with Crippen molar-refractivity contribution in [1.29, 1.82) is 0 Å². The molecule has 1 amide bonds. The van der Waals surface area contributed by atoms with Gasteiger partial charge in [0.05, 0.1) is 24.8 Å². The minimum Gasteiger partial charge on any atom is -0.495 e. The first-order chi connectivity index (χ1) is 14.4. The van der Waals surface area contributed by atoms with Gasteiger partial charge in [-0.25, -0.2) is 9.37 Å². The van der Waals surface area contributed by atoms with E-state index in [-0.39, 0.29) is 11.7 Å². The molecule has 4 rings (SSSR count). The van der Waals surface area contributed by atoms with Gasteiger partial charge in [-0.05, 0) is 55.3 Å². The van der Waals surface area contributed by atoms with Gasteiger partial charge >= 0.3 is 0 Å².